The van der Waals surface area contributed by atoms with Gasteiger partial charge >= 0.3 is 5.97 Å². The molecule has 4 rings (SSSR count). The van der Waals surface area contributed by atoms with Crippen LogP contribution < -0.4 is 10.6 Å². The van der Waals surface area contributed by atoms with Crippen molar-refractivity contribution >= 4 is 17.6 Å². The van der Waals surface area contributed by atoms with Gasteiger partial charge in [-0.15, -0.1) is 0 Å². The number of hydrogen-bond donors (Lipinski definition) is 3. The SMILES string of the molecule is O=C(O)c1ccc(-c2ccc([C@H]3NC(=O)c4ccccc4N3)o2)cc1. The molecule has 1 aliphatic heterocycles. The summed E-state index contributed by atoms with van der Waals surface area (Å²) in [5, 5.41) is 15.0. The number of fused-ring (bicyclic) bond motifs is 1. The summed E-state index contributed by atoms with van der Waals surface area (Å²) in [5.41, 5.74) is 2.32. The molecule has 2 aromatic carbocycles. The molecule has 124 valence electrons. The van der Waals surface area contributed by atoms with Crippen LogP contribution in [0.2, 0.25) is 0 Å². The van der Waals surface area contributed by atoms with Gasteiger partial charge < -0.3 is 20.2 Å². The lowest BCUT2D eigenvalue weighted by atomic mass is 10.1. The van der Waals surface area contributed by atoms with Crippen molar-refractivity contribution in [1.29, 1.82) is 0 Å². The molecule has 1 atom stereocenters. The lowest BCUT2D eigenvalue weighted by Gasteiger charge is -2.26. The van der Waals surface area contributed by atoms with E-state index in [0.29, 0.717) is 17.1 Å². The number of rotatable bonds is 3. The molecule has 0 spiro atoms. The van der Waals surface area contributed by atoms with Gasteiger partial charge in [0.05, 0.1) is 11.1 Å². The summed E-state index contributed by atoms with van der Waals surface area (Å²) < 4.78 is 5.85. The molecule has 3 N–H and O–H groups in total. The first-order valence-electron chi connectivity index (χ1n) is 7.72. The highest BCUT2D eigenvalue weighted by atomic mass is 16.4. The topological polar surface area (TPSA) is 91.6 Å². The number of para-hydroxylation sites is 1. The molecule has 0 fully saturated rings. The van der Waals surface area contributed by atoms with Crippen LogP contribution in [0.4, 0.5) is 5.69 Å². The Morgan fingerprint density at radius 1 is 0.960 bits per heavy atom. The van der Waals surface area contributed by atoms with E-state index in [2.05, 4.69) is 10.6 Å². The molecule has 0 saturated carbocycles. The highest BCUT2D eigenvalue weighted by Gasteiger charge is 2.26. The third kappa shape index (κ3) is 2.74. The fourth-order valence-corrected chi connectivity index (χ4v) is 2.79. The minimum absolute atomic E-state index is 0.164. The summed E-state index contributed by atoms with van der Waals surface area (Å²) in [7, 11) is 0. The predicted molar refractivity (Wildman–Crippen MR) is 91.4 cm³/mol. The quantitative estimate of drug-likeness (QED) is 0.682. The molecule has 6 nitrogen and oxygen atoms in total. The second-order valence-electron chi connectivity index (χ2n) is 5.68. The van der Waals surface area contributed by atoms with Crippen LogP contribution in [-0.2, 0) is 0 Å². The molecule has 1 aromatic heterocycles. The highest BCUT2D eigenvalue weighted by molar-refractivity contribution is 6.01. The summed E-state index contributed by atoms with van der Waals surface area (Å²) >= 11 is 0. The Kier molecular flexibility index (Phi) is 3.50. The first-order valence-corrected chi connectivity index (χ1v) is 7.72. The number of aromatic carboxylic acids is 1. The van der Waals surface area contributed by atoms with Gasteiger partial charge in [0, 0.05) is 11.3 Å². The number of benzene rings is 2. The van der Waals surface area contributed by atoms with E-state index < -0.39 is 12.1 Å². The molecular formula is C19H14N2O4. The average Bonchev–Trinajstić information content (AvgIpc) is 3.12. The van der Waals surface area contributed by atoms with Gasteiger partial charge in [-0.3, -0.25) is 4.79 Å². The second-order valence-corrected chi connectivity index (χ2v) is 5.68. The van der Waals surface area contributed by atoms with Crippen molar-refractivity contribution in [3.8, 4) is 11.3 Å². The van der Waals surface area contributed by atoms with Gasteiger partial charge in [0.1, 0.15) is 11.5 Å². The summed E-state index contributed by atoms with van der Waals surface area (Å²) in [4.78, 5) is 23.1. The zero-order valence-corrected chi connectivity index (χ0v) is 13.0. The summed E-state index contributed by atoms with van der Waals surface area (Å²) in [6, 6.07) is 17.3. The fourth-order valence-electron chi connectivity index (χ4n) is 2.79. The Hall–Kier alpha value is -3.54. The number of amides is 1. The van der Waals surface area contributed by atoms with E-state index in [1.807, 2.05) is 18.2 Å². The molecule has 0 bridgehead atoms. The lowest BCUT2D eigenvalue weighted by Crippen LogP contribution is -2.38. The van der Waals surface area contributed by atoms with Gasteiger partial charge in [-0.1, -0.05) is 24.3 Å². The molecule has 0 unspecified atom stereocenters. The number of carbonyl (C=O) groups is 2. The van der Waals surface area contributed by atoms with Crippen LogP contribution in [0.5, 0.6) is 0 Å². The maximum absolute atomic E-state index is 12.2. The maximum atomic E-state index is 12.2. The van der Waals surface area contributed by atoms with E-state index in [1.54, 1.807) is 30.3 Å². The summed E-state index contributed by atoms with van der Waals surface area (Å²) in [6.45, 7) is 0. The lowest BCUT2D eigenvalue weighted by molar-refractivity contribution is 0.0696. The van der Waals surface area contributed by atoms with Crippen LogP contribution >= 0.6 is 0 Å². The minimum Gasteiger partial charge on any atom is -0.478 e. The molecule has 25 heavy (non-hydrogen) atoms. The van der Waals surface area contributed by atoms with E-state index in [4.69, 9.17) is 9.52 Å². The molecule has 0 aliphatic carbocycles. The summed E-state index contributed by atoms with van der Waals surface area (Å²) in [5.74, 6) is 0.0320. The van der Waals surface area contributed by atoms with Crippen molar-refractivity contribution in [3.63, 3.8) is 0 Å². The maximum Gasteiger partial charge on any atom is 0.335 e. The third-order valence-electron chi connectivity index (χ3n) is 4.07. The Balaban J connectivity index is 1.60. The van der Waals surface area contributed by atoms with Gasteiger partial charge in [0.2, 0.25) is 0 Å². The average molecular weight is 334 g/mol. The van der Waals surface area contributed by atoms with Crippen LogP contribution in [0.15, 0.2) is 65.1 Å². The van der Waals surface area contributed by atoms with Crippen LogP contribution in [0.25, 0.3) is 11.3 Å². The number of carbonyl (C=O) groups excluding carboxylic acids is 1. The third-order valence-corrected chi connectivity index (χ3v) is 4.07. The van der Waals surface area contributed by atoms with Gasteiger partial charge in [0.25, 0.3) is 5.91 Å². The smallest absolute Gasteiger partial charge is 0.335 e. The van der Waals surface area contributed by atoms with Crippen molar-refractivity contribution in [3.05, 3.63) is 77.6 Å². The Bertz CT molecular complexity index is 960. The van der Waals surface area contributed by atoms with Crippen molar-refractivity contribution < 1.29 is 19.1 Å². The molecular weight excluding hydrogens is 320 g/mol. The monoisotopic (exact) mass is 334 g/mol. The zero-order valence-electron chi connectivity index (χ0n) is 13.0. The number of hydrogen-bond acceptors (Lipinski definition) is 4. The molecule has 1 amide bonds. The van der Waals surface area contributed by atoms with E-state index in [9.17, 15) is 9.59 Å². The van der Waals surface area contributed by atoms with Gasteiger partial charge in [-0.25, -0.2) is 4.79 Å². The Labute approximate surface area is 143 Å². The van der Waals surface area contributed by atoms with Crippen molar-refractivity contribution in [2.75, 3.05) is 5.32 Å². The van der Waals surface area contributed by atoms with E-state index >= 15 is 0 Å². The number of nitrogens with one attached hydrogen (secondary N) is 2. The second kappa shape index (κ2) is 5.83. The van der Waals surface area contributed by atoms with E-state index in [-0.39, 0.29) is 11.5 Å². The predicted octanol–water partition coefficient (Wildman–Crippen LogP) is 3.50. The fraction of sp³-hybridized carbons (Fsp3) is 0.0526. The number of anilines is 1. The van der Waals surface area contributed by atoms with Gasteiger partial charge in [-0.2, -0.15) is 0 Å². The zero-order chi connectivity index (χ0) is 17.4. The largest absolute Gasteiger partial charge is 0.478 e. The Morgan fingerprint density at radius 2 is 1.72 bits per heavy atom. The van der Waals surface area contributed by atoms with Crippen LogP contribution in [0.3, 0.4) is 0 Å². The minimum atomic E-state index is -0.973. The molecule has 6 heteroatoms. The molecule has 1 aliphatic rings. The Morgan fingerprint density at radius 3 is 2.48 bits per heavy atom. The number of furan rings is 1. The molecule has 3 aromatic rings. The summed E-state index contributed by atoms with van der Waals surface area (Å²) in [6.07, 6.45) is -0.463. The normalized spacial score (nSPS) is 15.8. The first kappa shape index (κ1) is 15.0. The van der Waals surface area contributed by atoms with Crippen LogP contribution in [0, 0.1) is 0 Å². The van der Waals surface area contributed by atoms with E-state index in [1.165, 1.54) is 12.1 Å². The number of carboxylic acids is 1. The van der Waals surface area contributed by atoms with Crippen molar-refractivity contribution in [2.45, 2.75) is 6.17 Å². The van der Waals surface area contributed by atoms with Crippen LogP contribution in [0.1, 0.15) is 32.6 Å². The molecule has 2 heterocycles. The van der Waals surface area contributed by atoms with Crippen LogP contribution in [-0.4, -0.2) is 17.0 Å². The standard InChI is InChI=1S/C19H14N2O4/c22-18-13-3-1-2-4-14(13)20-17(21-18)16-10-9-15(25-16)11-5-7-12(8-6-11)19(23)24/h1-10,17,20H,(H,21,22)(H,23,24)/t17-/m1/s1. The molecule has 0 radical (unpaired) electrons. The van der Waals surface area contributed by atoms with Gasteiger partial charge in [0.15, 0.2) is 6.17 Å². The number of carboxylic acid groups (broad SMARTS) is 1. The highest BCUT2D eigenvalue weighted by Crippen LogP contribution is 2.30. The van der Waals surface area contributed by atoms with E-state index in [0.717, 1.165) is 11.3 Å². The van der Waals surface area contributed by atoms with Gasteiger partial charge in [-0.05, 0) is 36.4 Å². The first-order chi connectivity index (χ1) is 12.1. The van der Waals surface area contributed by atoms with Crippen molar-refractivity contribution in [2.24, 2.45) is 0 Å². The molecule has 0 saturated heterocycles. The van der Waals surface area contributed by atoms with Crippen molar-refractivity contribution in [1.82, 2.24) is 5.32 Å².